The second-order valence-corrected chi connectivity index (χ2v) is 10.7. The number of hydrogen-bond acceptors (Lipinski definition) is 9. The van der Waals surface area contributed by atoms with Crippen LogP contribution in [0, 0.1) is 5.41 Å². The van der Waals surface area contributed by atoms with E-state index in [4.69, 9.17) is 20.8 Å². The molecule has 1 aliphatic rings. The standard InChI is InChI=1S/C25H29N9O3S/c1-25(2,3)18-12-19(34-37-18)33-24(35)32-16-8-6-15(7-9-16)31-23-20(22(27)29-13-30-23)21(26)14-4-10-17(11-5-14)38(28)36/h4-6,8-13,15,26H,7,28H2,1-3H3,(H3,27,29,30,31)(H2,32,33,34,35). The first-order chi connectivity index (χ1) is 18.0. The van der Waals surface area contributed by atoms with Crippen molar-refractivity contribution in [2.45, 2.75) is 43.5 Å². The molecule has 0 radical (unpaired) electrons. The minimum absolute atomic E-state index is 0.108. The number of rotatable bonds is 7. The van der Waals surface area contributed by atoms with Gasteiger partial charge in [0.2, 0.25) is 0 Å². The number of nitrogens with two attached hydrogens (primary N) is 2. The summed E-state index contributed by atoms with van der Waals surface area (Å²) in [4.78, 5) is 21.2. The molecule has 2 heterocycles. The normalized spacial score (nSPS) is 15.9. The number of benzene rings is 1. The molecule has 4 rings (SSSR count). The van der Waals surface area contributed by atoms with Gasteiger partial charge in [0.15, 0.2) is 5.82 Å². The molecular formula is C25H29N9O3S. The molecule has 0 saturated heterocycles. The number of urea groups is 1. The molecule has 1 aromatic carbocycles. The monoisotopic (exact) mass is 535 g/mol. The van der Waals surface area contributed by atoms with Crippen LogP contribution < -0.4 is 26.8 Å². The molecule has 38 heavy (non-hydrogen) atoms. The van der Waals surface area contributed by atoms with Crippen LogP contribution in [0.2, 0.25) is 0 Å². The summed E-state index contributed by atoms with van der Waals surface area (Å²) in [5.41, 5.74) is 7.51. The number of allylic oxidation sites excluding steroid dienone is 1. The summed E-state index contributed by atoms with van der Waals surface area (Å²) in [7, 11) is -1.61. The molecule has 12 nitrogen and oxygen atoms in total. The number of aromatic nitrogens is 3. The number of nitrogen functional groups attached to an aromatic ring is 1. The highest BCUT2D eigenvalue weighted by molar-refractivity contribution is 7.82. The van der Waals surface area contributed by atoms with Crippen molar-refractivity contribution in [3.8, 4) is 0 Å². The second kappa shape index (κ2) is 10.9. The van der Waals surface area contributed by atoms with E-state index in [2.05, 4.69) is 31.1 Å². The molecule has 0 spiro atoms. The minimum Gasteiger partial charge on any atom is -0.383 e. The van der Waals surface area contributed by atoms with Crippen LogP contribution in [-0.2, 0) is 16.4 Å². The van der Waals surface area contributed by atoms with Crippen LogP contribution in [0.15, 0.2) is 70.0 Å². The Morgan fingerprint density at radius 2 is 1.92 bits per heavy atom. The van der Waals surface area contributed by atoms with Crippen LogP contribution in [-0.4, -0.2) is 37.1 Å². The third-order valence-corrected chi connectivity index (χ3v) is 6.41. The van der Waals surface area contributed by atoms with E-state index in [1.165, 1.54) is 6.33 Å². The molecule has 2 unspecified atom stereocenters. The first-order valence-corrected chi connectivity index (χ1v) is 12.9. The second-order valence-electron chi connectivity index (χ2n) is 9.59. The summed E-state index contributed by atoms with van der Waals surface area (Å²) in [5.74, 6) is 1.54. The third-order valence-electron chi connectivity index (χ3n) is 5.67. The van der Waals surface area contributed by atoms with Gasteiger partial charge in [-0.2, -0.15) is 0 Å². The summed E-state index contributed by atoms with van der Waals surface area (Å²) in [6.45, 7) is 5.97. The molecule has 0 bridgehead atoms. The van der Waals surface area contributed by atoms with Gasteiger partial charge in [0.25, 0.3) is 0 Å². The van der Waals surface area contributed by atoms with Gasteiger partial charge in [0, 0.05) is 28.8 Å². The minimum atomic E-state index is -1.61. The first kappa shape index (κ1) is 26.7. The highest BCUT2D eigenvalue weighted by Crippen LogP contribution is 2.25. The average Bonchev–Trinajstić information content (AvgIpc) is 3.34. The Bertz CT molecular complexity index is 1440. The van der Waals surface area contributed by atoms with Crippen molar-refractivity contribution in [1.82, 2.24) is 20.4 Å². The maximum Gasteiger partial charge on any atom is 0.324 e. The van der Waals surface area contributed by atoms with Crippen LogP contribution in [0.25, 0.3) is 0 Å². The highest BCUT2D eigenvalue weighted by Gasteiger charge is 2.21. The fourth-order valence-corrected chi connectivity index (χ4v) is 4.02. The van der Waals surface area contributed by atoms with Crippen molar-refractivity contribution in [2.24, 2.45) is 5.14 Å². The van der Waals surface area contributed by atoms with Crippen LogP contribution in [0.5, 0.6) is 0 Å². The lowest BCUT2D eigenvalue weighted by Crippen LogP contribution is -2.30. The molecule has 13 heteroatoms. The molecule has 2 aromatic heterocycles. The van der Waals surface area contributed by atoms with E-state index in [0.717, 1.165) is 0 Å². The van der Waals surface area contributed by atoms with E-state index in [-0.39, 0.29) is 23.0 Å². The van der Waals surface area contributed by atoms with Gasteiger partial charge in [0.1, 0.15) is 34.7 Å². The zero-order valence-corrected chi connectivity index (χ0v) is 21.9. The van der Waals surface area contributed by atoms with Gasteiger partial charge in [-0.25, -0.2) is 24.1 Å². The van der Waals surface area contributed by atoms with E-state index < -0.39 is 17.0 Å². The molecule has 2 amide bonds. The fourth-order valence-electron chi connectivity index (χ4n) is 3.62. The Labute approximate surface area is 222 Å². The quantitative estimate of drug-likeness (QED) is 0.248. The van der Waals surface area contributed by atoms with Gasteiger partial charge in [-0.1, -0.05) is 50.2 Å². The molecule has 0 aliphatic heterocycles. The highest BCUT2D eigenvalue weighted by atomic mass is 32.2. The van der Waals surface area contributed by atoms with Crippen molar-refractivity contribution in [1.29, 1.82) is 5.41 Å². The number of hydrogen-bond donors (Lipinski definition) is 6. The number of anilines is 3. The Balaban J connectivity index is 1.39. The first-order valence-electron chi connectivity index (χ1n) is 11.7. The number of amides is 2. The molecule has 1 aliphatic carbocycles. The van der Waals surface area contributed by atoms with Crippen LogP contribution in [0.4, 0.5) is 22.2 Å². The lowest BCUT2D eigenvalue weighted by molar-refractivity contribution is 0.254. The lowest BCUT2D eigenvalue weighted by atomic mass is 9.93. The number of nitrogens with zero attached hydrogens (tertiary/aromatic N) is 3. The van der Waals surface area contributed by atoms with Crippen molar-refractivity contribution in [2.75, 3.05) is 16.4 Å². The molecule has 3 aromatic rings. The zero-order chi connectivity index (χ0) is 27.4. The summed E-state index contributed by atoms with van der Waals surface area (Å²) in [5, 5.41) is 26.7. The van der Waals surface area contributed by atoms with E-state index >= 15 is 0 Å². The van der Waals surface area contributed by atoms with Crippen molar-refractivity contribution >= 4 is 40.2 Å². The van der Waals surface area contributed by atoms with E-state index in [1.54, 1.807) is 36.4 Å². The number of carbonyl (C=O) groups excluding carboxylic acids is 1. The summed E-state index contributed by atoms with van der Waals surface area (Å²) in [6.07, 6.45) is 7.37. The van der Waals surface area contributed by atoms with Gasteiger partial charge in [-0.05, 0) is 24.6 Å². The van der Waals surface area contributed by atoms with Crippen molar-refractivity contribution in [3.05, 3.63) is 77.5 Å². The van der Waals surface area contributed by atoms with Gasteiger partial charge < -0.3 is 20.9 Å². The smallest absolute Gasteiger partial charge is 0.324 e. The maximum atomic E-state index is 12.4. The lowest BCUT2D eigenvalue weighted by Gasteiger charge is -2.21. The predicted molar refractivity (Wildman–Crippen MR) is 146 cm³/mol. The number of nitrogens with one attached hydrogen (secondary N) is 4. The third kappa shape index (κ3) is 6.30. The van der Waals surface area contributed by atoms with Crippen molar-refractivity contribution in [3.63, 3.8) is 0 Å². The maximum absolute atomic E-state index is 12.4. The van der Waals surface area contributed by atoms with Crippen LogP contribution in [0.3, 0.4) is 0 Å². The molecule has 0 fully saturated rings. The van der Waals surface area contributed by atoms with Crippen LogP contribution >= 0.6 is 0 Å². The van der Waals surface area contributed by atoms with Crippen molar-refractivity contribution < 1.29 is 13.5 Å². The Morgan fingerprint density at radius 3 is 2.53 bits per heavy atom. The van der Waals surface area contributed by atoms with E-state index in [0.29, 0.717) is 45.5 Å². The molecule has 8 N–H and O–H groups in total. The summed E-state index contributed by atoms with van der Waals surface area (Å²) < 4.78 is 16.8. The molecular weight excluding hydrogens is 506 g/mol. The van der Waals surface area contributed by atoms with Gasteiger partial charge >= 0.3 is 6.03 Å². The van der Waals surface area contributed by atoms with Crippen LogP contribution in [0.1, 0.15) is 44.1 Å². The summed E-state index contributed by atoms with van der Waals surface area (Å²) >= 11 is 0. The molecule has 0 saturated carbocycles. The number of carbonyl (C=O) groups is 1. The fraction of sp³-hybridized carbons (Fsp3) is 0.240. The average molecular weight is 536 g/mol. The Kier molecular flexibility index (Phi) is 7.69. The van der Waals surface area contributed by atoms with Gasteiger partial charge in [-0.15, -0.1) is 0 Å². The molecule has 2 atom stereocenters. The van der Waals surface area contributed by atoms with E-state index in [1.807, 2.05) is 32.9 Å². The largest absolute Gasteiger partial charge is 0.383 e. The predicted octanol–water partition coefficient (Wildman–Crippen LogP) is 3.19. The SMILES string of the molecule is CC(C)(C)c1cc(NC(=O)NC2=CCC(Nc3ncnc(N)c3C(=N)c3ccc(S(N)=O)cc3)C=C2)no1. The Morgan fingerprint density at radius 1 is 1.18 bits per heavy atom. The topological polar surface area (TPSA) is 198 Å². The Hall–Kier alpha value is -4.36. The van der Waals surface area contributed by atoms with Gasteiger partial charge in [-0.3, -0.25) is 10.7 Å². The summed E-state index contributed by atoms with van der Waals surface area (Å²) in [6, 6.07) is 7.57. The molecule has 198 valence electrons. The van der Waals surface area contributed by atoms with E-state index in [9.17, 15) is 9.00 Å². The zero-order valence-electron chi connectivity index (χ0n) is 21.1. The van der Waals surface area contributed by atoms with Gasteiger partial charge in [0.05, 0.1) is 16.2 Å².